The van der Waals surface area contributed by atoms with Crippen molar-refractivity contribution in [3.8, 4) is 5.69 Å². The summed E-state index contributed by atoms with van der Waals surface area (Å²) in [6, 6.07) is 4.44. The quantitative estimate of drug-likeness (QED) is 0.925. The number of piperidine rings is 1. The van der Waals surface area contributed by atoms with E-state index in [0.717, 1.165) is 25.9 Å². The van der Waals surface area contributed by atoms with Crippen LogP contribution >= 0.6 is 11.6 Å². The van der Waals surface area contributed by atoms with Gasteiger partial charge in [-0.05, 0) is 31.4 Å². The van der Waals surface area contributed by atoms with E-state index in [9.17, 15) is 4.39 Å². The number of nitrogens with zero attached hydrogens (tertiary/aromatic N) is 4. The Morgan fingerprint density at radius 2 is 1.95 bits per heavy atom. The molecule has 2 heterocycles. The van der Waals surface area contributed by atoms with Crippen molar-refractivity contribution >= 4 is 23.5 Å². The molecule has 1 fully saturated rings. The van der Waals surface area contributed by atoms with Gasteiger partial charge in [-0.3, -0.25) is 0 Å². The Bertz CT molecular complexity index is 621. The summed E-state index contributed by atoms with van der Waals surface area (Å²) in [4.78, 5) is 6.36. The van der Waals surface area contributed by atoms with Gasteiger partial charge in [-0.25, -0.2) is 4.39 Å². The van der Waals surface area contributed by atoms with Gasteiger partial charge in [-0.1, -0.05) is 11.6 Å². The fraction of sp³-hybridized carbons (Fsp3) is 0.385. The van der Waals surface area contributed by atoms with E-state index >= 15 is 0 Å². The van der Waals surface area contributed by atoms with Gasteiger partial charge in [0.25, 0.3) is 0 Å². The van der Waals surface area contributed by atoms with Gasteiger partial charge in [0.2, 0.25) is 11.9 Å². The van der Waals surface area contributed by atoms with Gasteiger partial charge in [0.05, 0.1) is 10.7 Å². The molecule has 1 aromatic carbocycles. The van der Waals surface area contributed by atoms with E-state index in [1.807, 2.05) is 0 Å². The van der Waals surface area contributed by atoms with Crippen LogP contribution in [0.3, 0.4) is 0 Å². The Hall–Kier alpha value is -1.82. The van der Waals surface area contributed by atoms with Gasteiger partial charge in [0.15, 0.2) is 0 Å². The third-order valence-electron chi connectivity index (χ3n) is 3.41. The Kier molecular flexibility index (Phi) is 3.48. The number of benzene rings is 1. The normalized spacial score (nSPS) is 15.6. The second-order valence-electron chi connectivity index (χ2n) is 4.83. The molecule has 0 spiro atoms. The summed E-state index contributed by atoms with van der Waals surface area (Å²) in [7, 11) is 0. The lowest BCUT2D eigenvalue weighted by molar-refractivity contribution is 0.567. The Labute approximate surface area is 121 Å². The molecule has 1 aliphatic heterocycles. The molecule has 0 unspecified atom stereocenters. The predicted molar refractivity (Wildman–Crippen MR) is 76.8 cm³/mol. The van der Waals surface area contributed by atoms with Crippen LogP contribution in [-0.4, -0.2) is 27.9 Å². The lowest BCUT2D eigenvalue weighted by Gasteiger charge is -2.24. The second-order valence-corrected chi connectivity index (χ2v) is 5.24. The van der Waals surface area contributed by atoms with Crippen LogP contribution in [0.1, 0.15) is 19.3 Å². The summed E-state index contributed by atoms with van der Waals surface area (Å²) < 4.78 is 14.9. The van der Waals surface area contributed by atoms with Crippen LogP contribution in [0.5, 0.6) is 0 Å². The van der Waals surface area contributed by atoms with Crippen molar-refractivity contribution in [2.75, 3.05) is 23.7 Å². The number of hydrogen-bond acceptors (Lipinski definition) is 4. The van der Waals surface area contributed by atoms with Crippen molar-refractivity contribution in [2.45, 2.75) is 19.3 Å². The number of nitrogen functional groups attached to an aromatic ring is 1. The molecule has 2 N–H and O–H groups in total. The van der Waals surface area contributed by atoms with Crippen molar-refractivity contribution in [3.05, 3.63) is 29.0 Å². The third-order valence-corrected chi connectivity index (χ3v) is 3.71. The van der Waals surface area contributed by atoms with Crippen LogP contribution in [0, 0.1) is 5.82 Å². The zero-order chi connectivity index (χ0) is 14.1. The molecule has 1 aromatic heterocycles. The van der Waals surface area contributed by atoms with E-state index in [0.29, 0.717) is 11.6 Å². The Morgan fingerprint density at radius 1 is 1.20 bits per heavy atom. The molecule has 0 aliphatic carbocycles. The van der Waals surface area contributed by atoms with Crippen LogP contribution in [0.25, 0.3) is 5.69 Å². The molecular formula is C13H15ClFN5. The summed E-state index contributed by atoms with van der Waals surface area (Å²) in [5, 5.41) is 4.44. The zero-order valence-corrected chi connectivity index (χ0v) is 11.6. The molecule has 3 rings (SSSR count). The second kappa shape index (κ2) is 5.28. The number of halogens is 2. The molecule has 106 valence electrons. The van der Waals surface area contributed by atoms with Gasteiger partial charge in [0, 0.05) is 19.2 Å². The first-order chi connectivity index (χ1) is 9.65. The highest BCUT2D eigenvalue weighted by Crippen LogP contribution is 2.22. The smallest absolute Gasteiger partial charge is 0.246 e. The van der Waals surface area contributed by atoms with Crippen molar-refractivity contribution in [1.29, 1.82) is 0 Å². The molecule has 1 saturated heterocycles. The minimum Gasteiger partial charge on any atom is -0.368 e. The first-order valence-electron chi connectivity index (χ1n) is 6.58. The first kappa shape index (κ1) is 13.2. The minimum absolute atomic E-state index is 0.0729. The summed E-state index contributed by atoms with van der Waals surface area (Å²) >= 11 is 5.68. The molecule has 2 aromatic rings. The molecule has 0 saturated carbocycles. The number of anilines is 2. The molecule has 0 bridgehead atoms. The van der Waals surface area contributed by atoms with Crippen LogP contribution in [-0.2, 0) is 0 Å². The Balaban J connectivity index is 1.93. The summed E-state index contributed by atoms with van der Waals surface area (Å²) in [5.74, 6) is 0.337. The molecule has 1 aliphatic rings. The maximum Gasteiger partial charge on any atom is 0.246 e. The monoisotopic (exact) mass is 295 g/mol. The highest BCUT2D eigenvalue weighted by molar-refractivity contribution is 6.30. The molecule has 5 nitrogen and oxygen atoms in total. The zero-order valence-electron chi connectivity index (χ0n) is 10.9. The predicted octanol–water partition coefficient (Wildman–Crippen LogP) is 2.63. The maximum absolute atomic E-state index is 13.5. The standard InChI is InChI=1S/C13H15ClFN5/c14-10-5-4-9(8-11(10)15)20-12(16)17-13(18-20)19-6-2-1-3-7-19/h4-5,8H,1-3,6-7H2,(H2,16,17,18). The van der Waals surface area contributed by atoms with E-state index in [2.05, 4.69) is 15.0 Å². The fourth-order valence-corrected chi connectivity index (χ4v) is 2.47. The van der Waals surface area contributed by atoms with E-state index < -0.39 is 5.82 Å². The summed E-state index contributed by atoms with van der Waals surface area (Å²) in [5.41, 5.74) is 6.39. The van der Waals surface area contributed by atoms with Crippen LogP contribution in [0.4, 0.5) is 16.3 Å². The van der Waals surface area contributed by atoms with Crippen LogP contribution in [0.15, 0.2) is 18.2 Å². The lowest BCUT2D eigenvalue weighted by atomic mass is 10.1. The third kappa shape index (κ3) is 2.43. The number of nitrogens with two attached hydrogens (primary N) is 1. The van der Waals surface area contributed by atoms with Gasteiger partial charge in [-0.15, -0.1) is 5.10 Å². The summed E-state index contributed by atoms with van der Waals surface area (Å²) in [6.45, 7) is 1.86. The SMILES string of the molecule is Nc1nc(N2CCCCC2)nn1-c1ccc(Cl)c(F)c1. The number of hydrogen-bond donors (Lipinski definition) is 1. The van der Waals surface area contributed by atoms with Crippen LogP contribution < -0.4 is 10.6 Å². The van der Waals surface area contributed by atoms with Crippen LogP contribution in [0.2, 0.25) is 5.02 Å². The lowest BCUT2D eigenvalue weighted by Crippen LogP contribution is -2.30. The van der Waals surface area contributed by atoms with Gasteiger partial charge in [-0.2, -0.15) is 9.67 Å². The van der Waals surface area contributed by atoms with Gasteiger partial charge < -0.3 is 10.6 Å². The van der Waals surface area contributed by atoms with Crippen molar-refractivity contribution in [3.63, 3.8) is 0 Å². The van der Waals surface area contributed by atoms with Crippen molar-refractivity contribution < 1.29 is 4.39 Å². The number of aromatic nitrogens is 3. The van der Waals surface area contributed by atoms with E-state index in [1.165, 1.54) is 23.2 Å². The molecule has 0 atom stereocenters. The largest absolute Gasteiger partial charge is 0.368 e. The van der Waals surface area contributed by atoms with E-state index in [1.54, 1.807) is 6.07 Å². The summed E-state index contributed by atoms with van der Waals surface area (Å²) in [6.07, 6.45) is 3.49. The maximum atomic E-state index is 13.5. The fourth-order valence-electron chi connectivity index (χ4n) is 2.35. The van der Waals surface area contributed by atoms with Crippen molar-refractivity contribution in [2.24, 2.45) is 0 Å². The van der Waals surface area contributed by atoms with Gasteiger partial charge >= 0.3 is 0 Å². The molecule has 0 amide bonds. The molecule has 7 heteroatoms. The average molecular weight is 296 g/mol. The van der Waals surface area contributed by atoms with E-state index in [-0.39, 0.29) is 11.0 Å². The first-order valence-corrected chi connectivity index (χ1v) is 6.96. The molecule has 0 radical (unpaired) electrons. The molecular weight excluding hydrogens is 281 g/mol. The Morgan fingerprint density at radius 3 is 2.65 bits per heavy atom. The highest BCUT2D eigenvalue weighted by Gasteiger charge is 2.18. The topological polar surface area (TPSA) is 60.0 Å². The average Bonchev–Trinajstić information content (AvgIpc) is 2.85. The number of rotatable bonds is 2. The highest BCUT2D eigenvalue weighted by atomic mass is 35.5. The van der Waals surface area contributed by atoms with Crippen molar-refractivity contribution in [1.82, 2.24) is 14.8 Å². The molecule has 20 heavy (non-hydrogen) atoms. The van der Waals surface area contributed by atoms with E-state index in [4.69, 9.17) is 17.3 Å². The minimum atomic E-state index is -0.501. The van der Waals surface area contributed by atoms with Gasteiger partial charge in [0.1, 0.15) is 5.82 Å².